The SMILES string of the molecule is Cc1cccc(C)c1C1=C2C=CC(=[N+]3CCCc4cc(S(=O)(=O)O)ccc43)C=C2[Si](C)(C)c2cc(N3CCCc4ccccc43)ccc21.O=S(=O)=O. The van der Waals surface area contributed by atoms with Gasteiger partial charge in [0.05, 0.1) is 4.90 Å². The monoisotopic (exact) mass is 749 g/mol. The second-order valence-corrected chi connectivity index (χ2v) is 20.5. The van der Waals surface area contributed by atoms with E-state index in [0.29, 0.717) is 0 Å². The van der Waals surface area contributed by atoms with Crippen molar-refractivity contribution in [2.45, 2.75) is 57.5 Å². The summed E-state index contributed by atoms with van der Waals surface area (Å²) in [5, 5.41) is 2.88. The van der Waals surface area contributed by atoms with Crippen molar-refractivity contribution in [1.29, 1.82) is 0 Å². The summed E-state index contributed by atoms with van der Waals surface area (Å²) in [4.78, 5) is 2.47. The zero-order valence-corrected chi connectivity index (χ0v) is 32.3. The fourth-order valence-corrected chi connectivity index (χ4v) is 12.0. The van der Waals surface area contributed by atoms with Crippen LogP contribution in [0.15, 0.2) is 113 Å². The Morgan fingerprint density at radius 3 is 2.27 bits per heavy atom. The van der Waals surface area contributed by atoms with Gasteiger partial charge >= 0.3 is 10.6 Å². The normalized spacial score (nSPS) is 18.6. The van der Waals surface area contributed by atoms with Crippen LogP contribution >= 0.6 is 0 Å². The minimum Gasteiger partial charge on any atom is -0.341 e. The first kappa shape index (κ1) is 35.7. The third-order valence-electron chi connectivity index (χ3n) is 10.8. The third kappa shape index (κ3) is 6.47. The second kappa shape index (κ2) is 13.7. The Balaban J connectivity index is 0.00000100. The number of benzene rings is 4. The molecule has 0 atom stereocenters. The van der Waals surface area contributed by atoms with Gasteiger partial charge in [-0.05, 0) is 119 Å². The summed E-state index contributed by atoms with van der Waals surface area (Å²) in [7, 11) is -9.61. The van der Waals surface area contributed by atoms with Crippen LogP contribution in [0.25, 0.3) is 5.57 Å². The molecule has 3 heterocycles. The van der Waals surface area contributed by atoms with Crippen LogP contribution in [0.2, 0.25) is 13.1 Å². The first-order valence-electron chi connectivity index (χ1n) is 17.5. The van der Waals surface area contributed by atoms with Crippen molar-refractivity contribution in [1.82, 2.24) is 0 Å². The second-order valence-electron chi connectivity index (χ2n) is 14.3. The van der Waals surface area contributed by atoms with Crippen LogP contribution < -0.4 is 10.1 Å². The zero-order valence-electron chi connectivity index (χ0n) is 29.7. The maximum absolute atomic E-state index is 11.9. The minimum atomic E-state index is -4.26. The zero-order chi connectivity index (χ0) is 36.9. The molecule has 1 N–H and O–H groups in total. The van der Waals surface area contributed by atoms with E-state index in [1.807, 2.05) is 6.07 Å². The van der Waals surface area contributed by atoms with Crippen molar-refractivity contribution in [3.05, 3.63) is 141 Å². The van der Waals surface area contributed by atoms with E-state index < -0.39 is 28.8 Å². The summed E-state index contributed by atoms with van der Waals surface area (Å²) in [5.74, 6) is 0. The van der Waals surface area contributed by atoms with Crippen molar-refractivity contribution >= 4 is 62.3 Å². The topological polar surface area (TPSA) is 112 Å². The molecule has 3 aliphatic heterocycles. The molecule has 0 fully saturated rings. The lowest BCUT2D eigenvalue weighted by Gasteiger charge is -2.39. The molecular formula is C41H41N2O6S2Si+. The highest BCUT2D eigenvalue weighted by atomic mass is 32.2. The molecule has 8 rings (SSSR count). The highest BCUT2D eigenvalue weighted by Crippen LogP contribution is 2.45. The predicted octanol–water partition coefficient (Wildman–Crippen LogP) is 7.13. The van der Waals surface area contributed by atoms with E-state index in [4.69, 9.17) is 12.6 Å². The van der Waals surface area contributed by atoms with Crippen molar-refractivity contribution < 1.29 is 30.2 Å². The van der Waals surface area contributed by atoms with Crippen LogP contribution in [-0.4, -0.2) is 57.0 Å². The molecule has 4 aliphatic rings. The number of nitrogens with zero attached hydrogens (tertiary/aromatic N) is 2. The van der Waals surface area contributed by atoms with E-state index in [9.17, 15) is 13.0 Å². The van der Waals surface area contributed by atoms with Crippen LogP contribution in [0.4, 0.5) is 17.1 Å². The van der Waals surface area contributed by atoms with Crippen molar-refractivity contribution in [2.24, 2.45) is 0 Å². The van der Waals surface area contributed by atoms with Crippen molar-refractivity contribution in [3.8, 4) is 0 Å². The molecule has 0 amide bonds. The Hall–Kier alpha value is -4.68. The largest absolute Gasteiger partial charge is 0.425 e. The molecule has 11 heteroatoms. The van der Waals surface area contributed by atoms with E-state index in [1.165, 1.54) is 66.8 Å². The van der Waals surface area contributed by atoms with Gasteiger partial charge in [0.1, 0.15) is 14.6 Å². The Morgan fingerprint density at radius 1 is 0.827 bits per heavy atom. The highest BCUT2D eigenvalue weighted by molar-refractivity contribution is 7.85. The number of allylic oxidation sites excluding steroid dienone is 5. The van der Waals surface area contributed by atoms with Gasteiger partial charge in [-0.1, -0.05) is 55.6 Å². The summed E-state index contributed by atoms with van der Waals surface area (Å²) in [6.45, 7) is 11.3. The van der Waals surface area contributed by atoms with Crippen LogP contribution in [0.5, 0.6) is 0 Å². The average Bonchev–Trinajstić information content (AvgIpc) is 3.11. The number of hydrogen-bond acceptors (Lipinski definition) is 6. The Bertz CT molecular complexity index is 2490. The molecule has 0 bridgehead atoms. The molecule has 4 aromatic carbocycles. The summed E-state index contributed by atoms with van der Waals surface area (Å²) < 4.78 is 61.2. The molecule has 52 heavy (non-hydrogen) atoms. The van der Waals surface area contributed by atoms with E-state index in [2.05, 4.69) is 115 Å². The number of hydrogen-bond donors (Lipinski definition) is 1. The van der Waals surface area contributed by atoms with Gasteiger partial charge in [-0.2, -0.15) is 13.0 Å². The van der Waals surface area contributed by atoms with E-state index >= 15 is 0 Å². The fraction of sp³-hybridized carbons (Fsp3) is 0.244. The molecule has 266 valence electrons. The standard InChI is InChI=1S/C41H40N2O3SSi.O3S/c1-27-10-7-11-28(2)40(27)41-34-19-16-31(42-22-8-13-29-12-5-6-15-36(29)42)25-38(34)48(3,4)39-26-32(17-20-35(39)41)43-23-9-14-30-24-33(47(44,45)46)18-21-37(30)43;1-4(2)3/h5-7,10-12,15-21,24-26H,8-9,13-14,22-23H2,1-4H3;/p+1. The average molecular weight is 750 g/mol. The van der Waals surface area contributed by atoms with E-state index in [0.717, 1.165) is 55.7 Å². The number of fused-ring (bicyclic) bond motifs is 4. The summed E-state index contributed by atoms with van der Waals surface area (Å²) in [6.07, 6.45) is 10.9. The molecular weight excluding hydrogens is 709 g/mol. The molecule has 0 saturated heterocycles. The first-order chi connectivity index (χ1) is 24.8. The van der Waals surface area contributed by atoms with Crippen molar-refractivity contribution in [3.63, 3.8) is 0 Å². The lowest BCUT2D eigenvalue weighted by Crippen LogP contribution is -2.50. The van der Waals surface area contributed by atoms with Crippen LogP contribution in [0, 0.1) is 13.8 Å². The third-order valence-corrected chi connectivity index (χ3v) is 15.2. The van der Waals surface area contributed by atoms with Crippen molar-refractivity contribution in [2.75, 3.05) is 18.0 Å². The molecule has 0 aromatic heterocycles. The number of anilines is 2. The fourth-order valence-electron chi connectivity index (χ4n) is 8.44. The summed E-state index contributed by atoms with van der Waals surface area (Å²) >= 11 is 0. The summed E-state index contributed by atoms with van der Waals surface area (Å²) in [6, 6.07) is 27.7. The molecule has 1 aliphatic carbocycles. The van der Waals surface area contributed by atoms with Gasteiger partial charge in [0.25, 0.3) is 10.1 Å². The van der Waals surface area contributed by atoms with Gasteiger partial charge in [-0.15, -0.1) is 12.6 Å². The Morgan fingerprint density at radius 2 is 1.54 bits per heavy atom. The Kier molecular flexibility index (Phi) is 9.41. The molecule has 0 unspecified atom stereocenters. The molecule has 4 aromatic rings. The summed E-state index contributed by atoms with van der Waals surface area (Å²) in [5.41, 5.74) is 14.9. The Labute approximate surface area is 308 Å². The van der Waals surface area contributed by atoms with Gasteiger partial charge in [0.15, 0.2) is 0 Å². The smallest absolute Gasteiger partial charge is 0.341 e. The van der Waals surface area contributed by atoms with Crippen LogP contribution in [0.1, 0.15) is 46.2 Å². The van der Waals surface area contributed by atoms with Crippen LogP contribution in [-0.2, 0) is 33.6 Å². The number of para-hydroxylation sites is 1. The number of aryl methyl sites for hydroxylation is 4. The van der Waals surface area contributed by atoms with E-state index in [1.54, 1.807) is 6.07 Å². The lowest BCUT2D eigenvalue weighted by molar-refractivity contribution is -0.444. The van der Waals surface area contributed by atoms with Gasteiger partial charge < -0.3 is 4.90 Å². The predicted molar refractivity (Wildman–Crippen MR) is 209 cm³/mol. The maximum Gasteiger partial charge on any atom is 0.425 e. The minimum absolute atomic E-state index is 0.0429. The quantitative estimate of drug-likeness (QED) is 0.135. The van der Waals surface area contributed by atoms with Gasteiger partial charge in [0, 0.05) is 48.1 Å². The number of rotatable bonds is 3. The molecule has 0 spiro atoms. The molecule has 0 saturated carbocycles. The maximum atomic E-state index is 11.9. The van der Waals surface area contributed by atoms with Gasteiger partial charge in [-0.25, -0.2) is 0 Å². The lowest BCUT2D eigenvalue weighted by atomic mass is 9.85. The van der Waals surface area contributed by atoms with Gasteiger partial charge in [0.2, 0.25) is 11.4 Å². The molecule has 0 radical (unpaired) electrons. The van der Waals surface area contributed by atoms with Gasteiger partial charge in [-0.3, -0.25) is 4.55 Å². The highest BCUT2D eigenvalue weighted by Gasteiger charge is 2.42. The van der Waals surface area contributed by atoms with E-state index in [-0.39, 0.29) is 4.90 Å². The van der Waals surface area contributed by atoms with Crippen LogP contribution in [0.3, 0.4) is 0 Å². The molecule has 8 nitrogen and oxygen atoms in total. The first-order valence-corrected chi connectivity index (χ1v) is 22.9.